The van der Waals surface area contributed by atoms with E-state index < -0.39 is 5.41 Å². The third-order valence-corrected chi connectivity index (χ3v) is 1.73. The zero-order valence-corrected chi connectivity index (χ0v) is 8.53. The summed E-state index contributed by atoms with van der Waals surface area (Å²) < 4.78 is 0. The molecule has 0 atom stereocenters. The molecule has 0 saturated heterocycles. The molecule has 1 heterocycles. The third-order valence-electron chi connectivity index (χ3n) is 1.73. The smallest absolute Gasteiger partial charge is 0.229 e. The first kappa shape index (κ1) is 10.5. The zero-order chi connectivity index (χ0) is 10.8. The lowest BCUT2D eigenvalue weighted by Crippen LogP contribution is -2.27. The Morgan fingerprint density at radius 2 is 2.14 bits per heavy atom. The van der Waals surface area contributed by atoms with Crippen LogP contribution in [0.15, 0.2) is 18.5 Å². The molecule has 0 saturated carbocycles. The van der Waals surface area contributed by atoms with Crippen LogP contribution in [0.1, 0.15) is 20.8 Å². The first-order chi connectivity index (χ1) is 6.41. The van der Waals surface area contributed by atoms with Crippen LogP contribution in [0.5, 0.6) is 5.75 Å². The largest absolute Gasteiger partial charge is 0.504 e. The lowest BCUT2D eigenvalue weighted by molar-refractivity contribution is -0.123. The minimum atomic E-state index is -0.476. The Bertz CT molecular complexity index is 342. The molecule has 2 N–H and O–H groups in total. The Labute approximate surface area is 83.0 Å². The molecule has 4 nitrogen and oxygen atoms in total. The summed E-state index contributed by atoms with van der Waals surface area (Å²) in [7, 11) is 0. The van der Waals surface area contributed by atoms with Gasteiger partial charge in [0.25, 0.3) is 0 Å². The van der Waals surface area contributed by atoms with Crippen molar-refractivity contribution in [2.24, 2.45) is 5.41 Å². The Balaban J connectivity index is 2.80. The van der Waals surface area contributed by atoms with Crippen molar-refractivity contribution in [2.45, 2.75) is 20.8 Å². The number of nitrogens with one attached hydrogen (secondary N) is 1. The molecule has 0 spiro atoms. The third kappa shape index (κ3) is 2.45. The summed E-state index contributed by atoms with van der Waals surface area (Å²) in [4.78, 5) is 15.3. The van der Waals surface area contributed by atoms with Crippen LogP contribution >= 0.6 is 0 Å². The Morgan fingerprint density at radius 1 is 1.50 bits per heavy atom. The fourth-order valence-corrected chi connectivity index (χ4v) is 0.802. The summed E-state index contributed by atoms with van der Waals surface area (Å²) in [6.45, 7) is 5.42. The molecular weight excluding hydrogens is 180 g/mol. The van der Waals surface area contributed by atoms with Crippen LogP contribution in [-0.2, 0) is 4.79 Å². The molecule has 1 aromatic heterocycles. The van der Waals surface area contributed by atoms with Gasteiger partial charge in [-0.15, -0.1) is 0 Å². The van der Waals surface area contributed by atoms with Crippen molar-refractivity contribution >= 4 is 11.6 Å². The molecule has 0 aliphatic carbocycles. The van der Waals surface area contributed by atoms with E-state index in [1.807, 2.05) is 0 Å². The molecule has 0 radical (unpaired) electrons. The number of carbonyl (C=O) groups is 1. The van der Waals surface area contributed by atoms with Crippen LogP contribution in [0.4, 0.5) is 5.69 Å². The maximum Gasteiger partial charge on any atom is 0.229 e. The first-order valence-electron chi connectivity index (χ1n) is 4.35. The highest BCUT2D eigenvalue weighted by Crippen LogP contribution is 2.23. The van der Waals surface area contributed by atoms with Gasteiger partial charge in [0, 0.05) is 11.6 Å². The summed E-state index contributed by atoms with van der Waals surface area (Å²) in [5.74, 6) is -0.163. The van der Waals surface area contributed by atoms with E-state index in [9.17, 15) is 9.90 Å². The second kappa shape index (κ2) is 3.65. The number of pyridine rings is 1. The van der Waals surface area contributed by atoms with Crippen LogP contribution in [0, 0.1) is 5.41 Å². The van der Waals surface area contributed by atoms with Crippen LogP contribution in [0.25, 0.3) is 0 Å². The summed E-state index contributed by atoms with van der Waals surface area (Å²) in [5, 5.41) is 12.0. The average Bonchev–Trinajstić information content (AvgIpc) is 2.07. The lowest BCUT2D eigenvalue weighted by atomic mass is 9.95. The predicted octanol–water partition coefficient (Wildman–Crippen LogP) is 1.77. The molecule has 14 heavy (non-hydrogen) atoms. The van der Waals surface area contributed by atoms with E-state index in [0.29, 0.717) is 5.69 Å². The van der Waals surface area contributed by atoms with Crippen LogP contribution in [-0.4, -0.2) is 16.0 Å². The SMILES string of the molecule is CC(C)(C)C(=O)Nc1ccncc1O. The van der Waals surface area contributed by atoms with Gasteiger partial charge in [0.1, 0.15) is 0 Å². The zero-order valence-electron chi connectivity index (χ0n) is 8.53. The van der Waals surface area contributed by atoms with Crippen molar-refractivity contribution in [1.82, 2.24) is 4.98 Å². The molecule has 1 amide bonds. The van der Waals surface area contributed by atoms with Gasteiger partial charge in [-0.1, -0.05) is 20.8 Å². The number of aromatic hydroxyl groups is 1. The van der Waals surface area contributed by atoms with Crippen molar-refractivity contribution in [3.8, 4) is 5.75 Å². The number of rotatable bonds is 1. The molecule has 0 bridgehead atoms. The number of hydrogen-bond donors (Lipinski definition) is 2. The normalized spacial score (nSPS) is 11.1. The molecule has 0 fully saturated rings. The van der Waals surface area contributed by atoms with Gasteiger partial charge in [-0.2, -0.15) is 0 Å². The quantitative estimate of drug-likeness (QED) is 0.716. The summed E-state index contributed by atoms with van der Waals surface area (Å²) in [6, 6.07) is 1.55. The van der Waals surface area contributed by atoms with E-state index in [2.05, 4.69) is 10.3 Å². The van der Waals surface area contributed by atoms with Crippen molar-refractivity contribution in [3.05, 3.63) is 18.5 Å². The van der Waals surface area contributed by atoms with Crippen LogP contribution < -0.4 is 5.32 Å². The molecule has 4 heteroatoms. The van der Waals surface area contributed by atoms with Gasteiger partial charge in [0.15, 0.2) is 5.75 Å². The van der Waals surface area contributed by atoms with Gasteiger partial charge in [-0.25, -0.2) is 0 Å². The topological polar surface area (TPSA) is 62.2 Å². The lowest BCUT2D eigenvalue weighted by Gasteiger charge is -2.17. The van der Waals surface area contributed by atoms with Gasteiger partial charge in [-0.05, 0) is 6.07 Å². The molecule has 76 valence electrons. The second-order valence-electron chi connectivity index (χ2n) is 4.10. The number of nitrogens with zero attached hydrogens (tertiary/aromatic N) is 1. The highest BCUT2D eigenvalue weighted by Gasteiger charge is 2.21. The predicted molar refractivity (Wildman–Crippen MR) is 54.0 cm³/mol. The molecule has 0 unspecified atom stereocenters. The van der Waals surface area contributed by atoms with Gasteiger partial charge in [-0.3, -0.25) is 9.78 Å². The van der Waals surface area contributed by atoms with E-state index in [0.717, 1.165) is 0 Å². The summed E-state index contributed by atoms with van der Waals surface area (Å²) in [5.41, 5.74) is -0.0877. The highest BCUT2D eigenvalue weighted by atomic mass is 16.3. The van der Waals surface area contributed by atoms with E-state index >= 15 is 0 Å². The Hall–Kier alpha value is -1.58. The van der Waals surface area contributed by atoms with Crippen molar-refractivity contribution in [3.63, 3.8) is 0 Å². The number of amides is 1. The Kier molecular flexibility index (Phi) is 2.74. The molecular formula is C10H14N2O2. The van der Waals surface area contributed by atoms with Crippen LogP contribution in [0.2, 0.25) is 0 Å². The van der Waals surface area contributed by atoms with E-state index in [1.165, 1.54) is 12.4 Å². The van der Waals surface area contributed by atoms with Crippen molar-refractivity contribution in [1.29, 1.82) is 0 Å². The molecule has 0 aliphatic heterocycles. The fraction of sp³-hybridized carbons (Fsp3) is 0.400. The standard InChI is InChI=1S/C10H14N2O2/c1-10(2,3)9(14)12-7-4-5-11-6-8(7)13/h4-6,13H,1-3H3,(H,11,12,14). The maximum absolute atomic E-state index is 11.5. The Morgan fingerprint density at radius 3 is 2.64 bits per heavy atom. The highest BCUT2D eigenvalue weighted by molar-refractivity contribution is 5.95. The first-order valence-corrected chi connectivity index (χ1v) is 4.35. The number of hydrogen-bond acceptors (Lipinski definition) is 3. The molecule has 1 rings (SSSR count). The molecule has 0 aliphatic rings. The van der Waals surface area contributed by atoms with Crippen molar-refractivity contribution in [2.75, 3.05) is 5.32 Å². The minimum Gasteiger partial charge on any atom is -0.504 e. The molecule has 1 aromatic rings. The molecule has 0 aromatic carbocycles. The van der Waals surface area contributed by atoms with Gasteiger partial charge in [0.2, 0.25) is 5.91 Å². The number of aromatic nitrogens is 1. The fourth-order valence-electron chi connectivity index (χ4n) is 0.802. The van der Waals surface area contributed by atoms with E-state index in [-0.39, 0.29) is 11.7 Å². The summed E-state index contributed by atoms with van der Waals surface area (Å²) >= 11 is 0. The maximum atomic E-state index is 11.5. The number of anilines is 1. The monoisotopic (exact) mass is 194 g/mol. The van der Waals surface area contributed by atoms with Crippen LogP contribution in [0.3, 0.4) is 0 Å². The average molecular weight is 194 g/mol. The summed E-state index contributed by atoms with van der Waals surface area (Å²) in [6.07, 6.45) is 2.80. The second-order valence-corrected chi connectivity index (χ2v) is 4.10. The van der Waals surface area contributed by atoms with E-state index in [1.54, 1.807) is 26.8 Å². The van der Waals surface area contributed by atoms with E-state index in [4.69, 9.17) is 0 Å². The minimum absolute atomic E-state index is 0.0231. The van der Waals surface area contributed by atoms with Gasteiger partial charge < -0.3 is 10.4 Å². The van der Waals surface area contributed by atoms with Gasteiger partial charge >= 0.3 is 0 Å². The van der Waals surface area contributed by atoms with Crippen molar-refractivity contribution < 1.29 is 9.90 Å². The van der Waals surface area contributed by atoms with Gasteiger partial charge in [0.05, 0.1) is 11.9 Å². The number of carbonyl (C=O) groups excluding carboxylic acids is 1.